The van der Waals surface area contributed by atoms with Crippen LogP contribution in [-0.4, -0.2) is 20.9 Å². The van der Waals surface area contributed by atoms with Crippen LogP contribution in [0.25, 0.3) is 6.08 Å². The fourth-order valence-electron chi connectivity index (χ4n) is 1.26. The van der Waals surface area contributed by atoms with E-state index in [1.807, 2.05) is 24.3 Å². The molecule has 0 unspecified atom stereocenters. The Morgan fingerprint density at radius 3 is 2.25 bits per heavy atom. The normalized spacial score (nSPS) is 10.8. The number of benzene rings is 2. The Kier molecular flexibility index (Phi) is 4.48. The molecule has 80 valence electrons. The third-order valence-corrected chi connectivity index (χ3v) is 4.66. The zero-order chi connectivity index (χ0) is 11.2. The molecule has 0 bridgehead atoms. The van der Waals surface area contributed by atoms with Crippen LogP contribution >= 0.6 is 11.6 Å². The van der Waals surface area contributed by atoms with Gasteiger partial charge in [-0.25, -0.2) is 0 Å². The van der Waals surface area contributed by atoms with Crippen LogP contribution < -0.4 is 3.61 Å². The molecule has 2 aromatic rings. The summed E-state index contributed by atoms with van der Waals surface area (Å²) < 4.78 is 3.75. The third-order valence-electron chi connectivity index (χ3n) is 2.08. The van der Waals surface area contributed by atoms with E-state index in [0.29, 0.717) is 0 Å². The van der Waals surface area contributed by atoms with Gasteiger partial charge in [-0.2, -0.15) is 0 Å². The summed E-state index contributed by atoms with van der Waals surface area (Å²) in [6.07, 6.45) is 2.17. The summed E-state index contributed by atoms with van der Waals surface area (Å²) in [5.41, 5.74) is 1.21. The van der Waals surface area contributed by atoms with E-state index in [2.05, 4.69) is 40.5 Å². The molecule has 0 aliphatic carbocycles. The first kappa shape index (κ1) is 11.7. The van der Waals surface area contributed by atoms with Crippen LogP contribution in [0.4, 0.5) is 0 Å². The molecule has 0 spiro atoms. The predicted octanol–water partition coefficient (Wildman–Crippen LogP) is 3.34. The average molecular weight is 342 g/mol. The van der Waals surface area contributed by atoms with Crippen molar-refractivity contribution in [2.75, 3.05) is 0 Å². The van der Waals surface area contributed by atoms with Gasteiger partial charge in [-0.15, -0.1) is 0 Å². The van der Waals surface area contributed by atoms with Crippen molar-refractivity contribution in [1.29, 1.82) is 0 Å². The van der Waals surface area contributed by atoms with Crippen LogP contribution in [-0.2, 0) is 0 Å². The van der Waals surface area contributed by atoms with Gasteiger partial charge in [0.2, 0.25) is 0 Å². The van der Waals surface area contributed by atoms with Gasteiger partial charge in [0.1, 0.15) is 0 Å². The summed E-state index contributed by atoms with van der Waals surface area (Å²) in [7, 11) is 0. The molecule has 0 radical (unpaired) electrons. The molecule has 0 N–H and O–H groups in total. The molecule has 0 amide bonds. The van der Waals surface area contributed by atoms with Gasteiger partial charge in [0.25, 0.3) is 0 Å². The first-order valence-corrected chi connectivity index (χ1v) is 7.87. The van der Waals surface area contributed by atoms with E-state index < -0.39 is 0 Å². The standard InChI is InChI=1S/C14H11ClTe/c15-13-8-6-12(7-9-13)10-11-16-14-4-2-1-3-5-14/h1-11H/b11-10-. The molecule has 0 heterocycles. The van der Waals surface area contributed by atoms with Gasteiger partial charge >= 0.3 is 112 Å². The van der Waals surface area contributed by atoms with E-state index >= 15 is 0 Å². The van der Waals surface area contributed by atoms with Crippen molar-refractivity contribution in [3.63, 3.8) is 0 Å². The Morgan fingerprint density at radius 2 is 1.56 bits per heavy atom. The summed E-state index contributed by atoms with van der Waals surface area (Å²) in [6, 6.07) is 18.5. The Hall–Kier alpha value is -0.740. The monoisotopic (exact) mass is 344 g/mol. The first-order valence-electron chi connectivity index (χ1n) is 4.98. The van der Waals surface area contributed by atoms with Crippen molar-refractivity contribution in [3.05, 3.63) is 69.3 Å². The van der Waals surface area contributed by atoms with Gasteiger partial charge < -0.3 is 0 Å². The minimum atomic E-state index is -0.199. The van der Waals surface area contributed by atoms with Crippen LogP contribution in [0.2, 0.25) is 5.02 Å². The zero-order valence-corrected chi connectivity index (χ0v) is 11.7. The minimum absolute atomic E-state index is 0.199. The molecular weight excluding hydrogens is 331 g/mol. The van der Waals surface area contributed by atoms with Crippen molar-refractivity contribution in [3.8, 4) is 0 Å². The van der Waals surface area contributed by atoms with Crippen LogP contribution in [0, 0.1) is 0 Å². The topological polar surface area (TPSA) is 0 Å². The van der Waals surface area contributed by atoms with Gasteiger partial charge in [-0.1, -0.05) is 0 Å². The molecular formula is C14H11ClTe. The fraction of sp³-hybridized carbons (Fsp3) is 0. The Bertz CT molecular complexity index is 460. The quantitative estimate of drug-likeness (QED) is 0.751. The van der Waals surface area contributed by atoms with E-state index in [-0.39, 0.29) is 20.9 Å². The molecule has 2 rings (SSSR count). The maximum atomic E-state index is 5.83. The Balaban J connectivity index is 1.98. The van der Waals surface area contributed by atoms with Gasteiger partial charge in [-0.3, -0.25) is 0 Å². The molecule has 0 fully saturated rings. The molecule has 0 aromatic heterocycles. The predicted molar refractivity (Wildman–Crippen MR) is 72.3 cm³/mol. The SMILES string of the molecule is Clc1ccc(/C=C\[Te]c2ccccc2)cc1. The summed E-state index contributed by atoms with van der Waals surface area (Å²) in [6.45, 7) is 0. The second kappa shape index (κ2) is 6.11. The second-order valence-electron chi connectivity index (χ2n) is 3.29. The molecule has 0 aliphatic heterocycles. The van der Waals surface area contributed by atoms with Crippen LogP contribution in [0.15, 0.2) is 58.7 Å². The van der Waals surface area contributed by atoms with Crippen LogP contribution in [0.3, 0.4) is 0 Å². The van der Waals surface area contributed by atoms with Crippen molar-refractivity contribution < 1.29 is 0 Å². The van der Waals surface area contributed by atoms with Crippen molar-refractivity contribution in [2.45, 2.75) is 0 Å². The van der Waals surface area contributed by atoms with Gasteiger partial charge in [0, 0.05) is 0 Å². The average Bonchev–Trinajstić information content (AvgIpc) is 2.33. The summed E-state index contributed by atoms with van der Waals surface area (Å²) >= 11 is 5.63. The first-order chi connectivity index (χ1) is 7.84. The number of rotatable bonds is 3. The van der Waals surface area contributed by atoms with E-state index in [1.54, 1.807) is 0 Å². The zero-order valence-electron chi connectivity index (χ0n) is 8.64. The third kappa shape index (κ3) is 3.68. The Labute approximate surface area is 111 Å². The van der Waals surface area contributed by atoms with E-state index in [0.717, 1.165) is 5.02 Å². The summed E-state index contributed by atoms with van der Waals surface area (Å²) in [5, 5.41) is 0.789. The van der Waals surface area contributed by atoms with Gasteiger partial charge in [0.05, 0.1) is 0 Å². The molecule has 0 nitrogen and oxygen atoms in total. The van der Waals surface area contributed by atoms with Gasteiger partial charge in [0.15, 0.2) is 0 Å². The molecule has 0 aliphatic rings. The second-order valence-corrected chi connectivity index (χ2v) is 6.52. The molecule has 0 atom stereocenters. The Morgan fingerprint density at radius 1 is 0.875 bits per heavy atom. The van der Waals surface area contributed by atoms with Gasteiger partial charge in [-0.05, 0) is 0 Å². The van der Waals surface area contributed by atoms with Crippen LogP contribution in [0.1, 0.15) is 5.56 Å². The maximum absolute atomic E-state index is 5.83. The van der Waals surface area contributed by atoms with Crippen molar-refractivity contribution in [1.82, 2.24) is 0 Å². The molecule has 0 saturated carbocycles. The molecule has 0 saturated heterocycles. The van der Waals surface area contributed by atoms with Crippen LogP contribution in [0.5, 0.6) is 0 Å². The number of hydrogen-bond acceptors (Lipinski definition) is 0. The number of hydrogen-bond donors (Lipinski definition) is 0. The van der Waals surface area contributed by atoms with E-state index in [9.17, 15) is 0 Å². The fourth-order valence-corrected chi connectivity index (χ4v) is 3.38. The van der Waals surface area contributed by atoms with Crippen molar-refractivity contribution >= 4 is 42.2 Å². The van der Waals surface area contributed by atoms with Crippen molar-refractivity contribution in [2.24, 2.45) is 0 Å². The molecule has 16 heavy (non-hydrogen) atoms. The molecule has 2 aromatic carbocycles. The summed E-state index contributed by atoms with van der Waals surface area (Å²) in [4.78, 5) is 0. The van der Waals surface area contributed by atoms with E-state index in [4.69, 9.17) is 11.6 Å². The van der Waals surface area contributed by atoms with E-state index in [1.165, 1.54) is 9.17 Å². The number of halogens is 1. The molecule has 2 heteroatoms. The summed E-state index contributed by atoms with van der Waals surface area (Å²) in [5.74, 6) is 0.